The molecule has 0 spiro atoms. The molecule has 1 heterocycles. The maximum Gasteiger partial charge on any atom is 0.237 e. The molecule has 5 nitrogen and oxygen atoms in total. The number of carbonyl (C=O) groups excluding carboxylic acids is 2. The van der Waals surface area contributed by atoms with Gasteiger partial charge in [0.05, 0.1) is 12.5 Å². The second-order valence-electron chi connectivity index (χ2n) is 8.42. The molecule has 1 aliphatic carbocycles. The highest BCUT2D eigenvalue weighted by atomic mass is 19.1. The number of hydrogen-bond acceptors (Lipinski definition) is 3. The third kappa shape index (κ3) is 5.28. The minimum Gasteiger partial charge on any atom is -0.353 e. The third-order valence-electron chi connectivity index (χ3n) is 5.58. The fourth-order valence-corrected chi connectivity index (χ4v) is 4.38. The standard InChI is InChI=1S/C21H30FN3O2/c1-21(2,14-15-7-9-16(22)10-8-15)24-19(26)13-18-20(27)23-11-12-25(18)17-5-3-4-6-17/h7-10,17-18H,3-6,11-14H2,1-2H3,(H,23,27)(H,24,26)/t18-/m0/s1. The van der Waals surface area contributed by atoms with E-state index in [1.807, 2.05) is 13.8 Å². The second kappa shape index (κ2) is 8.38. The summed E-state index contributed by atoms with van der Waals surface area (Å²) in [5.41, 5.74) is 0.489. The molecule has 148 valence electrons. The molecule has 2 amide bonds. The number of carbonyl (C=O) groups is 2. The van der Waals surface area contributed by atoms with E-state index in [1.165, 1.54) is 25.0 Å². The number of hydrogen-bond donors (Lipinski definition) is 2. The van der Waals surface area contributed by atoms with E-state index < -0.39 is 5.54 Å². The summed E-state index contributed by atoms with van der Waals surface area (Å²) >= 11 is 0. The maximum atomic E-state index is 13.1. The van der Waals surface area contributed by atoms with Crippen LogP contribution in [-0.4, -0.2) is 47.4 Å². The predicted molar refractivity (Wildman–Crippen MR) is 103 cm³/mol. The van der Waals surface area contributed by atoms with Gasteiger partial charge in [0.15, 0.2) is 0 Å². The Bertz CT molecular complexity index is 669. The summed E-state index contributed by atoms with van der Waals surface area (Å²) in [5.74, 6) is -0.428. The Morgan fingerprint density at radius 2 is 1.93 bits per heavy atom. The van der Waals surface area contributed by atoms with Crippen molar-refractivity contribution in [1.29, 1.82) is 0 Å². The van der Waals surface area contributed by atoms with E-state index in [9.17, 15) is 14.0 Å². The summed E-state index contributed by atoms with van der Waals surface area (Å²) in [6, 6.07) is 6.36. The number of benzene rings is 1. The Morgan fingerprint density at radius 1 is 1.26 bits per heavy atom. The van der Waals surface area contributed by atoms with Crippen LogP contribution < -0.4 is 10.6 Å². The Balaban J connectivity index is 1.60. The zero-order valence-corrected chi connectivity index (χ0v) is 16.3. The van der Waals surface area contributed by atoms with Crippen molar-refractivity contribution in [3.8, 4) is 0 Å². The largest absolute Gasteiger partial charge is 0.353 e. The Morgan fingerprint density at radius 3 is 2.59 bits per heavy atom. The van der Waals surface area contributed by atoms with E-state index in [1.54, 1.807) is 12.1 Å². The summed E-state index contributed by atoms with van der Waals surface area (Å²) in [4.78, 5) is 27.4. The van der Waals surface area contributed by atoms with Crippen LogP contribution in [0.5, 0.6) is 0 Å². The molecule has 1 aliphatic heterocycles. The molecule has 1 aromatic rings. The van der Waals surface area contributed by atoms with Crippen LogP contribution in [0.1, 0.15) is 51.5 Å². The van der Waals surface area contributed by atoms with Crippen molar-refractivity contribution < 1.29 is 14.0 Å². The van der Waals surface area contributed by atoms with Gasteiger partial charge >= 0.3 is 0 Å². The Labute approximate surface area is 160 Å². The lowest BCUT2D eigenvalue weighted by Gasteiger charge is -2.39. The topological polar surface area (TPSA) is 61.4 Å². The summed E-state index contributed by atoms with van der Waals surface area (Å²) in [5, 5.41) is 5.96. The highest BCUT2D eigenvalue weighted by molar-refractivity contribution is 5.89. The van der Waals surface area contributed by atoms with Gasteiger partial charge in [-0.05, 0) is 50.8 Å². The van der Waals surface area contributed by atoms with Crippen LogP contribution in [0, 0.1) is 5.82 Å². The monoisotopic (exact) mass is 375 g/mol. The lowest BCUT2D eigenvalue weighted by Crippen LogP contribution is -2.59. The van der Waals surface area contributed by atoms with Crippen LogP contribution in [0.3, 0.4) is 0 Å². The van der Waals surface area contributed by atoms with Crippen LogP contribution >= 0.6 is 0 Å². The summed E-state index contributed by atoms with van der Waals surface area (Å²) in [6.07, 6.45) is 5.40. The van der Waals surface area contributed by atoms with Crippen molar-refractivity contribution in [1.82, 2.24) is 15.5 Å². The molecule has 1 aromatic carbocycles. The first kappa shape index (κ1) is 19.8. The number of piperazine rings is 1. The minimum atomic E-state index is -0.474. The van der Waals surface area contributed by atoms with E-state index in [-0.39, 0.29) is 30.1 Å². The van der Waals surface area contributed by atoms with Crippen LogP contribution in [0.2, 0.25) is 0 Å². The molecule has 0 bridgehead atoms. The number of rotatable bonds is 6. The molecule has 27 heavy (non-hydrogen) atoms. The van der Waals surface area contributed by atoms with Crippen molar-refractivity contribution in [2.45, 2.75) is 70.0 Å². The van der Waals surface area contributed by atoms with Crippen LogP contribution in [0.4, 0.5) is 4.39 Å². The lowest BCUT2D eigenvalue weighted by molar-refractivity contribution is -0.135. The molecule has 0 unspecified atom stereocenters. The average Bonchev–Trinajstić information content (AvgIpc) is 3.12. The van der Waals surface area contributed by atoms with Gasteiger partial charge in [-0.2, -0.15) is 0 Å². The molecule has 2 N–H and O–H groups in total. The van der Waals surface area contributed by atoms with Crippen molar-refractivity contribution in [3.63, 3.8) is 0 Å². The number of halogens is 1. The molecule has 3 rings (SSSR count). The zero-order chi connectivity index (χ0) is 19.4. The fraction of sp³-hybridized carbons (Fsp3) is 0.619. The maximum absolute atomic E-state index is 13.1. The molecule has 1 saturated heterocycles. The molecular weight excluding hydrogens is 345 g/mol. The molecule has 2 aliphatic rings. The van der Waals surface area contributed by atoms with Crippen molar-refractivity contribution in [3.05, 3.63) is 35.6 Å². The summed E-state index contributed by atoms with van der Waals surface area (Å²) in [6.45, 7) is 5.37. The van der Waals surface area contributed by atoms with Crippen LogP contribution in [0.15, 0.2) is 24.3 Å². The second-order valence-corrected chi connectivity index (χ2v) is 8.42. The fourth-order valence-electron chi connectivity index (χ4n) is 4.38. The summed E-state index contributed by atoms with van der Waals surface area (Å²) in [7, 11) is 0. The first-order valence-electron chi connectivity index (χ1n) is 9.93. The molecular formula is C21H30FN3O2. The van der Waals surface area contributed by atoms with Gasteiger partial charge in [0.25, 0.3) is 0 Å². The normalized spacial score (nSPS) is 21.9. The van der Waals surface area contributed by atoms with Gasteiger partial charge in [-0.1, -0.05) is 25.0 Å². The smallest absolute Gasteiger partial charge is 0.237 e. The quantitative estimate of drug-likeness (QED) is 0.803. The van der Waals surface area contributed by atoms with Gasteiger partial charge < -0.3 is 10.6 Å². The zero-order valence-electron chi connectivity index (χ0n) is 16.3. The number of amides is 2. The molecule has 6 heteroatoms. The SMILES string of the molecule is CC(C)(Cc1ccc(F)cc1)NC(=O)C[C@H]1C(=O)NCCN1C1CCCC1. The molecule has 1 atom stereocenters. The number of nitrogens with one attached hydrogen (secondary N) is 2. The molecule has 1 saturated carbocycles. The van der Waals surface area contributed by atoms with E-state index in [4.69, 9.17) is 0 Å². The van der Waals surface area contributed by atoms with Gasteiger partial charge in [-0.3, -0.25) is 14.5 Å². The van der Waals surface area contributed by atoms with E-state index in [2.05, 4.69) is 15.5 Å². The van der Waals surface area contributed by atoms with E-state index >= 15 is 0 Å². The minimum absolute atomic E-state index is 0.0420. The Hall–Kier alpha value is -1.95. The molecule has 0 aromatic heterocycles. The highest BCUT2D eigenvalue weighted by Crippen LogP contribution is 2.27. The Kier molecular flexibility index (Phi) is 6.15. The van der Waals surface area contributed by atoms with Crippen LogP contribution in [-0.2, 0) is 16.0 Å². The van der Waals surface area contributed by atoms with Gasteiger partial charge in [0.1, 0.15) is 5.82 Å². The highest BCUT2D eigenvalue weighted by Gasteiger charge is 2.37. The first-order valence-corrected chi connectivity index (χ1v) is 9.93. The lowest BCUT2D eigenvalue weighted by atomic mass is 9.94. The van der Waals surface area contributed by atoms with Gasteiger partial charge in [-0.15, -0.1) is 0 Å². The molecule has 2 fully saturated rings. The average molecular weight is 375 g/mol. The van der Waals surface area contributed by atoms with E-state index in [0.717, 1.165) is 24.9 Å². The van der Waals surface area contributed by atoms with Gasteiger partial charge in [0, 0.05) is 24.7 Å². The van der Waals surface area contributed by atoms with E-state index in [0.29, 0.717) is 19.0 Å². The predicted octanol–water partition coefficient (Wildman–Crippen LogP) is 2.40. The van der Waals surface area contributed by atoms with Gasteiger partial charge in [-0.25, -0.2) is 4.39 Å². The van der Waals surface area contributed by atoms with Crippen LogP contribution in [0.25, 0.3) is 0 Å². The van der Waals surface area contributed by atoms with Crippen molar-refractivity contribution >= 4 is 11.8 Å². The van der Waals surface area contributed by atoms with Crippen molar-refractivity contribution in [2.75, 3.05) is 13.1 Å². The number of nitrogens with zero attached hydrogens (tertiary/aromatic N) is 1. The first-order chi connectivity index (χ1) is 12.8. The van der Waals surface area contributed by atoms with Gasteiger partial charge in [0.2, 0.25) is 11.8 Å². The van der Waals surface area contributed by atoms with Crippen molar-refractivity contribution in [2.24, 2.45) is 0 Å². The molecule has 0 radical (unpaired) electrons. The summed E-state index contributed by atoms with van der Waals surface area (Å²) < 4.78 is 13.1. The third-order valence-corrected chi connectivity index (χ3v) is 5.58.